The summed E-state index contributed by atoms with van der Waals surface area (Å²) in [5, 5.41) is 13.5. The summed E-state index contributed by atoms with van der Waals surface area (Å²) in [6.45, 7) is 8.54. The molecule has 0 aromatic heterocycles. The minimum atomic E-state index is -0.668. The summed E-state index contributed by atoms with van der Waals surface area (Å²) < 4.78 is 0. The van der Waals surface area contributed by atoms with Gasteiger partial charge in [0.15, 0.2) is 0 Å². The number of carbonyl (C=O) groups is 1. The van der Waals surface area contributed by atoms with E-state index in [0.29, 0.717) is 17.8 Å². The van der Waals surface area contributed by atoms with Gasteiger partial charge >= 0.3 is 0 Å². The Morgan fingerprint density at radius 3 is 2.43 bits per heavy atom. The van der Waals surface area contributed by atoms with Gasteiger partial charge in [0.05, 0.1) is 12.1 Å². The van der Waals surface area contributed by atoms with E-state index >= 15 is 0 Å². The van der Waals surface area contributed by atoms with Crippen LogP contribution < -0.4 is 5.32 Å². The third kappa shape index (κ3) is 4.57. The van der Waals surface area contributed by atoms with Gasteiger partial charge in [-0.05, 0) is 43.1 Å². The first-order valence-electron chi connectivity index (χ1n) is 8.93. The minimum absolute atomic E-state index is 0.0733. The maximum Gasteiger partial charge on any atom is 0.223 e. The van der Waals surface area contributed by atoms with E-state index in [2.05, 4.69) is 26.1 Å². The smallest absolute Gasteiger partial charge is 0.223 e. The highest BCUT2D eigenvalue weighted by Gasteiger charge is 2.36. The first-order valence-corrected chi connectivity index (χ1v) is 8.93. The van der Waals surface area contributed by atoms with E-state index < -0.39 is 6.10 Å². The topological polar surface area (TPSA) is 49.3 Å². The lowest BCUT2D eigenvalue weighted by Gasteiger charge is -2.37. The summed E-state index contributed by atoms with van der Waals surface area (Å²) in [5.41, 5.74) is 0.845. The van der Waals surface area contributed by atoms with Crippen molar-refractivity contribution in [3.63, 3.8) is 0 Å². The molecule has 1 aromatic rings. The summed E-state index contributed by atoms with van der Waals surface area (Å²) in [5.74, 6) is 1.76. The molecule has 1 saturated carbocycles. The Hall–Kier alpha value is -1.35. The van der Waals surface area contributed by atoms with Crippen molar-refractivity contribution in [1.82, 2.24) is 5.32 Å². The van der Waals surface area contributed by atoms with E-state index in [1.165, 1.54) is 6.42 Å². The van der Waals surface area contributed by atoms with Gasteiger partial charge in [-0.15, -0.1) is 0 Å². The van der Waals surface area contributed by atoms with Crippen molar-refractivity contribution in [2.24, 2.45) is 23.7 Å². The van der Waals surface area contributed by atoms with Gasteiger partial charge in [-0.2, -0.15) is 0 Å². The van der Waals surface area contributed by atoms with Crippen LogP contribution in [-0.2, 0) is 4.79 Å². The number of nitrogens with one attached hydrogen (secondary N) is 1. The SMILES string of the molecule is CC(C)C1CC[C@@H](C)C[C@H]1C(=O)NC(C)[C@@H](O)c1ccccc1. The lowest BCUT2D eigenvalue weighted by Crippen LogP contribution is -2.45. The van der Waals surface area contributed by atoms with E-state index in [1.54, 1.807) is 0 Å². The fourth-order valence-electron chi connectivity index (χ4n) is 3.85. The van der Waals surface area contributed by atoms with Crippen molar-refractivity contribution in [2.45, 2.75) is 59.1 Å². The molecular weight excluding hydrogens is 286 g/mol. The monoisotopic (exact) mass is 317 g/mol. The lowest BCUT2D eigenvalue weighted by molar-refractivity contribution is -0.130. The van der Waals surface area contributed by atoms with E-state index in [0.717, 1.165) is 18.4 Å². The molecule has 1 aromatic carbocycles. The number of rotatable bonds is 5. The average molecular weight is 317 g/mol. The number of aliphatic hydroxyl groups is 1. The van der Waals surface area contributed by atoms with Crippen molar-refractivity contribution in [1.29, 1.82) is 0 Å². The predicted octanol–water partition coefficient (Wildman–Crippen LogP) is 3.93. The zero-order valence-electron chi connectivity index (χ0n) is 14.8. The first-order chi connectivity index (χ1) is 10.9. The van der Waals surface area contributed by atoms with Crippen molar-refractivity contribution >= 4 is 5.91 Å². The third-order valence-electron chi connectivity index (χ3n) is 5.34. The summed E-state index contributed by atoms with van der Waals surface area (Å²) in [6.07, 6.45) is 2.64. The summed E-state index contributed by atoms with van der Waals surface area (Å²) >= 11 is 0. The molecule has 3 heteroatoms. The molecule has 0 aliphatic heterocycles. The van der Waals surface area contributed by atoms with Crippen molar-refractivity contribution in [2.75, 3.05) is 0 Å². The zero-order valence-corrected chi connectivity index (χ0v) is 14.8. The highest BCUT2D eigenvalue weighted by molar-refractivity contribution is 5.79. The van der Waals surface area contributed by atoms with Gasteiger partial charge in [0.25, 0.3) is 0 Å². The van der Waals surface area contributed by atoms with Gasteiger partial charge in [0.2, 0.25) is 5.91 Å². The molecule has 3 nitrogen and oxygen atoms in total. The second kappa shape index (κ2) is 7.96. The number of hydrogen-bond acceptors (Lipinski definition) is 2. The number of hydrogen-bond donors (Lipinski definition) is 2. The Bertz CT molecular complexity index is 500. The van der Waals surface area contributed by atoms with Crippen LogP contribution in [0.15, 0.2) is 30.3 Å². The van der Waals surface area contributed by atoms with E-state index in [4.69, 9.17) is 0 Å². The first kappa shape index (κ1) is 18.0. The lowest BCUT2D eigenvalue weighted by atomic mass is 9.69. The molecule has 0 bridgehead atoms. The molecule has 1 aliphatic carbocycles. The molecule has 23 heavy (non-hydrogen) atoms. The molecule has 128 valence electrons. The van der Waals surface area contributed by atoms with Crippen LogP contribution in [0.3, 0.4) is 0 Å². The highest BCUT2D eigenvalue weighted by atomic mass is 16.3. The van der Waals surface area contributed by atoms with Crippen molar-refractivity contribution in [3.8, 4) is 0 Å². The molecule has 0 spiro atoms. The molecule has 1 fully saturated rings. The quantitative estimate of drug-likeness (QED) is 0.864. The van der Waals surface area contributed by atoms with E-state index in [-0.39, 0.29) is 17.9 Å². The number of amides is 1. The molecule has 2 rings (SSSR count). The largest absolute Gasteiger partial charge is 0.386 e. The molecule has 0 radical (unpaired) electrons. The van der Waals surface area contributed by atoms with Gasteiger partial charge in [0, 0.05) is 5.92 Å². The summed E-state index contributed by atoms with van der Waals surface area (Å²) in [7, 11) is 0. The Morgan fingerprint density at radius 1 is 1.17 bits per heavy atom. The normalized spacial score (nSPS) is 27.5. The van der Waals surface area contributed by atoms with Crippen molar-refractivity contribution in [3.05, 3.63) is 35.9 Å². The molecule has 0 saturated heterocycles. The average Bonchev–Trinajstić information content (AvgIpc) is 2.54. The Balaban J connectivity index is 2.01. The fraction of sp³-hybridized carbons (Fsp3) is 0.650. The molecule has 2 N–H and O–H groups in total. The van der Waals surface area contributed by atoms with Gasteiger partial charge in [-0.3, -0.25) is 4.79 Å². The fourth-order valence-corrected chi connectivity index (χ4v) is 3.85. The zero-order chi connectivity index (χ0) is 17.0. The van der Waals surface area contributed by atoms with E-state index in [1.807, 2.05) is 37.3 Å². The van der Waals surface area contributed by atoms with Gasteiger partial charge < -0.3 is 10.4 Å². The third-order valence-corrected chi connectivity index (χ3v) is 5.34. The highest BCUT2D eigenvalue weighted by Crippen LogP contribution is 2.38. The minimum Gasteiger partial charge on any atom is -0.386 e. The van der Waals surface area contributed by atoms with Crippen LogP contribution in [0, 0.1) is 23.7 Å². The van der Waals surface area contributed by atoms with Crippen LogP contribution in [-0.4, -0.2) is 17.1 Å². The van der Waals surface area contributed by atoms with Gasteiger partial charge in [-0.1, -0.05) is 57.5 Å². The van der Waals surface area contributed by atoms with Crippen LogP contribution in [0.2, 0.25) is 0 Å². The maximum absolute atomic E-state index is 12.8. The van der Waals surface area contributed by atoms with Crippen LogP contribution in [0.4, 0.5) is 0 Å². The number of carbonyl (C=O) groups excluding carboxylic acids is 1. The number of aliphatic hydroxyl groups excluding tert-OH is 1. The predicted molar refractivity (Wildman–Crippen MR) is 93.8 cm³/mol. The molecule has 0 heterocycles. The second-order valence-corrected chi connectivity index (χ2v) is 7.59. The van der Waals surface area contributed by atoms with E-state index in [9.17, 15) is 9.90 Å². The Morgan fingerprint density at radius 2 is 1.83 bits per heavy atom. The van der Waals surface area contributed by atoms with Crippen LogP contribution in [0.1, 0.15) is 58.6 Å². The summed E-state index contributed by atoms with van der Waals surface area (Å²) in [4.78, 5) is 12.8. The Kier molecular flexibility index (Phi) is 6.23. The molecule has 2 unspecified atom stereocenters. The van der Waals surface area contributed by atoms with Crippen LogP contribution in [0.25, 0.3) is 0 Å². The number of benzene rings is 1. The molecular formula is C20H31NO2. The van der Waals surface area contributed by atoms with Crippen LogP contribution in [0.5, 0.6) is 0 Å². The second-order valence-electron chi connectivity index (χ2n) is 7.59. The maximum atomic E-state index is 12.8. The Labute approximate surface area is 140 Å². The van der Waals surface area contributed by atoms with Crippen LogP contribution >= 0.6 is 0 Å². The summed E-state index contributed by atoms with van der Waals surface area (Å²) in [6, 6.07) is 9.25. The molecule has 1 aliphatic rings. The molecule has 5 atom stereocenters. The standard InChI is InChI=1S/C20H31NO2/c1-13(2)17-11-10-14(3)12-18(17)20(23)21-15(4)19(22)16-8-6-5-7-9-16/h5-9,13-15,17-19,22H,10-12H2,1-4H3,(H,21,23)/t14-,15?,17?,18-,19-/m1/s1. The van der Waals surface area contributed by atoms with Gasteiger partial charge in [-0.25, -0.2) is 0 Å². The molecule has 1 amide bonds. The van der Waals surface area contributed by atoms with Crippen molar-refractivity contribution < 1.29 is 9.90 Å². The van der Waals surface area contributed by atoms with Gasteiger partial charge in [0.1, 0.15) is 0 Å².